The van der Waals surface area contributed by atoms with E-state index >= 15 is 0 Å². The smallest absolute Gasteiger partial charge is 0.331 e. The molecule has 3 rings (SSSR count). The summed E-state index contributed by atoms with van der Waals surface area (Å²) in [6.07, 6.45) is 4.27. The van der Waals surface area contributed by atoms with Crippen molar-refractivity contribution < 1.29 is 14.7 Å². The maximum Gasteiger partial charge on any atom is 0.331 e. The van der Waals surface area contributed by atoms with Crippen LogP contribution in [0.3, 0.4) is 0 Å². The number of aryl methyl sites for hydroxylation is 1. The molecule has 0 atom stereocenters. The van der Waals surface area contributed by atoms with E-state index in [1.165, 1.54) is 0 Å². The molecule has 1 fully saturated rings. The van der Waals surface area contributed by atoms with Crippen LogP contribution in [0.1, 0.15) is 48.8 Å². The summed E-state index contributed by atoms with van der Waals surface area (Å²) in [6, 6.07) is 5.48. The van der Waals surface area contributed by atoms with E-state index in [1.54, 1.807) is 26.4 Å². The van der Waals surface area contributed by atoms with E-state index in [0.29, 0.717) is 31.6 Å². The fourth-order valence-electron chi connectivity index (χ4n) is 3.35. The van der Waals surface area contributed by atoms with Gasteiger partial charge in [0.25, 0.3) is 5.91 Å². The summed E-state index contributed by atoms with van der Waals surface area (Å²) < 4.78 is 3.36. The van der Waals surface area contributed by atoms with Gasteiger partial charge in [-0.2, -0.15) is 5.10 Å². The van der Waals surface area contributed by atoms with Gasteiger partial charge in [-0.15, -0.1) is 0 Å². The Labute approximate surface area is 146 Å². The molecule has 1 aliphatic rings. The van der Waals surface area contributed by atoms with Gasteiger partial charge >= 0.3 is 5.97 Å². The Bertz CT molecular complexity index is 782. The highest BCUT2D eigenvalue weighted by atomic mass is 16.4. The summed E-state index contributed by atoms with van der Waals surface area (Å²) in [7, 11) is 1.83. The van der Waals surface area contributed by atoms with Gasteiger partial charge in [-0.1, -0.05) is 13.8 Å². The van der Waals surface area contributed by atoms with Crippen molar-refractivity contribution in [1.82, 2.24) is 19.2 Å². The van der Waals surface area contributed by atoms with E-state index in [2.05, 4.69) is 5.10 Å². The van der Waals surface area contributed by atoms with Gasteiger partial charge in [0.2, 0.25) is 0 Å². The highest BCUT2D eigenvalue weighted by molar-refractivity contribution is 5.93. The molecule has 0 unspecified atom stereocenters. The molecule has 0 spiro atoms. The Morgan fingerprint density at radius 2 is 1.88 bits per heavy atom. The van der Waals surface area contributed by atoms with Gasteiger partial charge in [0.05, 0.1) is 5.69 Å². The molecule has 0 saturated carbocycles. The maximum absolute atomic E-state index is 12.6. The minimum Gasteiger partial charge on any atom is -0.479 e. The lowest BCUT2D eigenvalue weighted by Crippen LogP contribution is -2.52. The van der Waals surface area contributed by atoms with Crippen molar-refractivity contribution in [1.29, 1.82) is 0 Å². The quantitative estimate of drug-likeness (QED) is 0.921. The number of carboxylic acids is 1. The van der Waals surface area contributed by atoms with Crippen LogP contribution in [0.15, 0.2) is 30.6 Å². The van der Waals surface area contributed by atoms with Gasteiger partial charge in [-0.3, -0.25) is 9.48 Å². The van der Waals surface area contributed by atoms with Crippen molar-refractivity contribution in [2.24, 2.45) is 7.05 Å². The highest BCUT2D eigenvalue weighted by Gasteiger charge is 2.45. The Kier molecular flexibility index (Phi) is 4.41. The van der Waals surface area contributed by atoms with Crippen molar-refractivity contribution in [2.45, 2.75) is 38.1 Å². The average Bonchev–Trinajstić information content (AvgIpc) is 3.23. The zero-order chi connectivity index (χ0) is 18.2. The van der Waals surface area contributed by atoms with Crippen molar-refractivity contribution in [3.8, 4) is 0 Å². The van der Waals surface area contributed by atoms with Crippen molar-refractivity contribution in [3.63, 3.8) is 0 Å². The fraction of sp³-hybridized carbons (Fsp3) is 0.500. The fourth-order valence-corrected chi connectivity index (χ4v) is 3.35. The van der Waals surface area contributed by atoms with Gasteiger partial charge < -0.3 is 14.6 Å². The van der Waals surface area contributed by atoms with Crippen LogP contribution in [0.5, 0.6) is 0 Å². The number of aromatic nitrogens is 3. The molecule has 1 amide bonds. The second-order valence-electron chi connectivity index (χ2n) is 6.97. The van der Waals surface area contributed by atoms with Crippen LogP contribution in [0.25, 0.3) is 0 Å². The first-order valence-electron chi connectivity index (χ1n) is 8.55. The molecule has 1 N–H and O–H groups in total. The Balaban J connectivity index is 1.80. The lowest BCUT2D eigenvalue weighted by molar-refractivity contribution is -0.150. The Morgan fingerprint density at radius 3 is 2.36 bits per heavy atom. The topological polar surface area (TPSA) is 80.4 Å². The lowest BCUT2D eigenvalue weighted by Gasteiger charge is -2.39. The molecule has 7 heteroatoms. The zero-order valence-electron chi connectivity index (χ0n) is 14.8. The molecule has 1 aliphatic heterocycles. The number of piperidine rings is 1. The molecule has 1 saturated heterocycles. The summed E-state index contributed by atoms with van der Waals surface area (Å²) in [5.74, 6) is -0.710. The van der Waals surface area contributed by atoms with Crippen LogP contribution >= 0.6 is 0 Å². The second-order valence-corrected chi connectivity index (χ2v) is 6.97. The number of aliphatic carboxylic acids is 1. The zero-order valence-corrected chi connectivity index (χ0v) is 14.8. The number of hydrogen-bond acceptors (Lipinski definition) is 3. The van der Waals surface area contributed by atoms with E-state index in [0.717, 1.165) is 5.69 Å². The average molecular weight is 344 g/mol. The van der Waals surface area contributed by atoms with Crippen LogP contribution in [0, 0.1) is 0 Å². The molecular formula is C18H24N4O3. The van der Waals surface area contributed by atoms with E-state index < -0.39 is 11.5 Å². The highest BCUT2D eigenvalue weighted by Crippen LogP contribution is 2.31. The summed E-state index contributed by atoms with van der Waals surface area (Å²) in [6.45, 7) is 4.85. The van der Waals surface area contributed by atoms with Gasteiger partial charge in [0, 0.05) is 45.4 Å². The second kappa shape index (κ2) is 6.38. The van der Waals surface area contributed by atoms with Crippen molar-refractivity contribution in [2.75, 3.05) is 13.1 Å². The number of nitrogens with zero attached hydrogens (tertiary/aromatic N) is 4. The first kappa shape index (κ1) is 17.3. The molecular weight excluding hydrogens is 320 g/mol. The Morgan fingerprint density at radius 1 is 1.20 bits per heavy atom. The third-order valence-corrected chi connectivity index (χ3v) is 5.08. The van der Waals surface area contributed by atoms with Crippen molar-refractivity contribution in [3.05, 3.63) is 42.0 Å². The Hall–Kier alpha value is -2.57. The number of likely N-dealkylation sites (tertiary alicyclic amines) is 1. The summed E-state index contributed by atoms with van der Waals surface area (Å²) in [4.78, 5) is 26.4. The number of carbonyl (C=O) groups excluding carboxylic acids is 1. The van der Waals surface area contributed by atoms with Crippen LogP contribution in [-0.4, -0.2) is 49.3 Å². The van der Waals surface area contributed by atoms with Gasteiger partial charge in [-0.05, 0) is 24.1 Å². The van der Waals surface area contributed by atoms with Crippen LogP contribution in [0.2, 0.25) is 0 Å². The van der Waals surface area contributed by atoms with Gasteiger partial charge in [-0.25, -0.2) is 4.79 Å². The SMILES string of the molecule is CC(C)c1ccn(C2(C(=O)O)CCN(C(=O)c3cccn3C)CC2)n1. The maximum atomic E-state index is 12.6. The molecule has 2 aromatic rings. The molecule has 25 heavy (non-hydrogen) atoms. The number of rotatable bonds is 4. The van der Waals surface area contributed by atoms with E-state index in [1.807, 2.05) is 39.2 Å². The predicted molar refractivity (Wildman–Crippen MR) is 92.5 cm³/mol. The molecule has 2 aromatic heterocycles. The van der Waals surface area contributed by atoms with E-state index in [-0.39, 0.29) is 11.8 Å². The number of carbonyl (C=O) groups is 2. The first-order chi connectivity index (χ1) is 11.8. The summed E-state index contributed by atoms with van der Waals surface area (Å²) in [5, 5.41) is 14.4. The standard InChI is InChI=1S/C18H24N4O3/c1-13(2)14-6-10-22(19-14)18(17(24)25)7-11-21(12-8-18)16(23)15-5-4-9-20(15)3/h4-6,9-10,13H,7-8,11-12H2,1-3H3,(H,24,25). The first-order valence-corrected chi connectivity index (χ1v) is 8.55. The molecule has 0 aliphatic carbocycles. The minimum absolute atomic E-state index is 0.0603. The molecule has 7 nitrogen and oxygen atoms in total. The van der Waals surface area contributed by atoms with Gasteiger partial charge in [0.1, 0.15) is 5.69 Å². The number of carboxylic acid groups (broad SMARTS) is 1. The normalized spacial score (nSPS) is 17.0. The van der Waals surface area contributed by atoms with Crippen molar-refractivity contribution >= 4 is 11.9 Å². The molecule has 0 aromatic carbocycles. The monoisotopic (exact) mass is 344 g/mol. The third kappa shape index (κ3) is 2.94. The van der Waals surface area contributed by atoms with Crippen LogP contribution in [0.4, 0.5) is 0 Å². The van der Waals surface area contributed by atoms with Gasteiger partial charge in [0.15, 0.2) is 5.54 Å². The molecule has 0 bridgehead atoms. The lowest BCUT2D eigenvalue weighted by atomic mass is 9.87. The molecule has 0 radical (unpaired) electrons. The molecule has 134 valence electrons. The minimum atomic E-state index is -1.09. The number of hydrogen-bond donors (Lipinski definition) is 1. The van der Waals surface area contributed by atoms with Crippen LogP contribution in [-0.2, 0) is 17.4 Å². The summed E-state index contributed by atoms with van der Waals surface area (Å²) in [5.41, 5.74) is 0.407. The van der Waals surface area contributed by atoms with Crippen LogP contribution < -0.4 is 0 Å². The van der Waals surface area contributed by atoms with E-state index in [4.69, 9.17) is 0 Å². The summed E-state index contributed by atoms with van der Waals surface area (Å²) >= 11 is 0. The van der Waals surface area contributed by atoms with E-state index in [9.17, 15) is 14.7 Å². The number of amides is 1. The molecule has 3 heterocycles. The third-order valence-electron chi connectivity index (χ3n) is 5.08. The largest absolute Gasteiger partial charge is 0.479 e. The predicted octanol–water partition coefficient (Wildman–Crippen LogP) is 2.06.